The van der Waals surface area contributed by atoms with Crippen LogP contribution in [-0.4, -0.2) is 125 Å². The Labute approximate surface area is 338 Å². The molecule has 1 amide bonds. The molecule has 4 N–H and O–H groups in total. The minimum absolute atomic E-state index is 0.0276. The van der Waals surface area contributed by atoms with E-state index in [9.17, 15) is 39.6 Å². The van der Waals surface area contributed by atoms with Gasteiger partial charge in [0.25, 0.3) is 11.7 Å². The lowest BCUT2D eigenvalue weighted by Gasteiger charge is -2.47. The summed E-state index contributed by atoms with van der Waals surface area (Å²) in [4.78, 5) is 57.7. The summed E-state index contributed by atoms with van der Waals surface area (Å²) in [5.41, 5.74) is 1.14. The molecule has 3 heterocycles. The molecule has 0 radical (unpaired) electrons. The van der Waals surface area contributed by atoms with Gasteiger partial charge in [0.1, 0.15) is 18.2 Å². The number of cyclic esters (lactones) is 1. The standard InChI is InChI=1S/C44H69NO12/c1-9-12-31-18-25(2)17-26(3)19-37(54-7)40-38(55-8)21-28(5)44(53,57-40)41(50)42(51)45-16-11-10-13-33(45)43(52)56-39(29(6)35(48)23-36(31)49)27(4)20-30-14-15-34(47)32(22-30)24-46/h9,18,20,25-26,28-30,32-35,37-40,46-48,53H,1,10-17,19,21-24H2,2-8H3/b27-20?,31-18-/t25?,26-,28+,29+,30-,32-,33-,34?,35-,37?,38-,39+,40?,44+/m0/s1. The number of ketones is 2. The van der Waals surface area contributed by atoms with Crippen molar-refractivity contribution in [2.45, 2.75) is 154 Å². The average molecular weight is 804 g/mol. The Morgan fingerprint density at radius 2 is 1.65 bits per heavy atom. The molecule has 4 unspecified atom stereocenters. The SMILES string of the molecule is C=CC/C1=C/C(C)C[C@H](C)CC(OC)C2O[C@@](O)(C(=O)C(=O)N3CCCC[C@H]3C(=O)O[C@H](C(C)=C[C@@H]3CCC(O)[C@H](CO)C3)[C@H](C)[C@@H](O)CC1=O)[C@H](C)C[C@@H]2OC. The number of carbonyl (C=O) groups is 4. The Morgan fingerprint density at radius 3 is 2.30 bits per heavy atom. The number of allylic oxidation sites excluding steroid dienone is 4. The number of rotatable bonds is 7. The second-order valence-corrected chi connectivity index (χ2v) is 17.4. The molecular weight excluding hydrogens is 734 g/mol. The first kappa shape index (κ1) is 46.9. The number of nitrogens with zero attached hydrogens (tertiary/aromatic N) is 1. The van der Waals surface area contributed by atoms with Crippen LogP contribution in [0.25, 0.3) is 0 Å². The molecule has 57 heavy (non-hydrogen) atoms. The van der Waals surface area contributed by atoms with Gasteiger partial charge in [0, 0.05) is 51.5 Å². The molecule has 0 aromatic carbocycles. The van der Waals surface area contributed by atoms with E-state index in [1.165, 1.54) is 19.1 Å². The smallest absolute Gasteiger partial charge is 0.329 e. The van der Waals surface area contributed by atoms with Gasteiger partial charge in [-0.2, -0.15) is 0 Å². The van der Waals surface area contributed by atoms with E-state index >= 15 is 0 Å². The zero-order valence-corrected chi connectivity index (χ0v) is 35.1. The summed E-state index contributed by atoms with van der Waals surface area (Å²) in [5.74, 6) is -7.75. The van der Waals surface area contributed by atoms with Crippen molar-refractivity contribution >= 4 is 23.4 Å². The number of hydrogen-bond donors (Lipinski definition) is 4. The molecule has 4 rings (SSSR count). The van der Waals surface area contributed by atoms with E-state index in [0.29, 0.717) is 62.5 Å². The fourth-order valence-electron chi connectivity index (χ4n) is 9.53. The molecule has 13 nitrogen and oxygen atoms in total. The summed E-state index contributed by atoms with van der Waals surface area (Å²) in [6.45, 7) is 12.9. The highest BCUT2D eigenvalue weighted by atomic mass is 16.7. The van der Waals surface area contributed by atoms with Crippen molar-refractivity contribution in [3.8, 4) is 0 Å². The maximum Gasteiger partial charge on any atom is 0.329 e. The molecule has 1 saturated carbocycles. The Balaban J connectivity index is 1.78. The Hall–Kier alpha value is -2.78. The van der Waals surface area contributed by atoms with Gasteiger partial charge in [-0.3, -0.25) is 14.4 Å². The number of hydrogen-bond acceptors (Lipinski definition) is 12. The van der Waals surface area contributed by atoms with Gasteiger partial charge in [-0.05, 0) is 100 Å². The van der Waals surface area contributed by atoms with Gasteiger partial charge in [-0.1, -0.05) is 45.9 Å². The minimum atomic E-state index is -2.52. The first-order valence-electron chi connectivity index (χ1n) is 21.0. The van der Waals surface area contributed by atoms with Gasteiger partial charge >= 0.3 is 5.97 Å². The zero-order valence-electron chi connectivity index (χ0n) is 35.1. The highest BCUT2D eigenvalue weighted by molar-refractivity contribution is 6.39. The first-order valence-corrected chi connectivity index (χ1v) is 21.0. The molecule has 1 aliphatic carbocycles. The number of aliphatic hydroxyl groups is 4. The van der Waals surface area contributed by atoms with Crippen LogP contribution in [0.2, 0.25) is 0 Å². The number of carbonyl (C=O) groups excluding carboxylic acids is 4. The highest BCUT2D eigenvalue weighted by Crippen LogP contribution is 2.39. The Bertz CT molecular complexity index is 1480. The van der Waals surface area contributed by atoms with E-state index in [1.807, 2.05) is 26.0 Å². The van der Waals surface area contributed by atoms with Gasteiger partial charge in [-0.25, -0.2) is 4.79 Å². The van der Waals surface area contributed by atoms with E-state index in [2.05, 4.69) is 6.58 Å². The molecule has 3 fully saturated rings. The molecule has 0 spiro atoms. The summed E-state index contributed by atoms with van der Waals surface area (Å²) < 4.78 is 24.2. The first-order chi connectivity index (χ1) is 27.0. The van der Waals surface area contributed by atoms with Crippen LogP contribution in [0.4, 0.5) is 0 Å². The van der Waals surface area contributed by atoms with Crippen molar-refractivity contribution in [3.05, 3.63) is 36.0 Å². The van der Waals surface area contributed by atoms with Crippen LogP contribution in [0.15, 0.2) is 36.0 Å². The van der Waals surface area contributed by atoms with Crippen molar-refractivity contribution in [1.29, 1.82) is 0 Å². The maximum atomic E-state index is 14.3. The largest absolute Gasteiger partial charge is 0.456 e. The lowest BCUT2D eigenvalue weighted by Crippen LogP contribution is -2.64. The lowest BCUT2D eigenvalue weighted by molar-refractivity contribution is -0.302. The van der Waals surface area contributed by atoms with Crippen molar-refractivity contribution in [2.24, 2.45) is 35.5 Å². The summed E-state index contributed by atoms with van der Waals surface area (Å²) in [6, 6.07) is -1.16. The van der Waals surface area contributed by atoms with E-state index in [4.69, 9.17) is 18.9 Å². The predicted molar refractivity (Wildman–Crippen MR) is 212 cm³/mol. The molecule has 0 aromatic rings. The van der Waals surface area contributed by atoms with Crippen LogP contribution in [0, 0.1) is 35.5 Å². The third-order valence-electron chi connectivity index (χ3n) is 13.0. The molecule has 4 aliphatic rings. The van der Waals surface area contributed by atoms with E-state index in [0.717, 1.165) is 0 Å². The second kappa shape index (κ2) is 21.0. The predicted octanol–water partition coefficient (Wildman–Crippen LogP) is 4.23. The van der Waals surface area contributed by atoms with Crippen LogP contribution >= 0.6 is 0 Å². The van der Waals surface area contributed by atoms with E-state index < -0.39 is 77.9 Å². The fourth-order valence-corrected chi connectivity index (χ4v) is 9.53. The van der Waals surface area contributed by atoms with Gasteiger partial charge in [0.05, 0.1) is 24.4 Å². The number of Topliss-reactive ketones (excluding diaryl/α,β-unsaturated/α-hetero) is 2. The van der Waals surface area contributed by atoms with E-state index in [1.54, 1.807) is 26.8 Å². The third kappa shape index (κ3) is 11.3. The summed E-state index contributed by atoms with van der Waals surface area (Å²) in [7, 11) is 3.05. The van der Waals surface area contributed by atoms with Crippen LogP contribution < -0.4 is 0 Å². The van der Waals surface area contributed by atoms with Crippen molar-refractivity contribution in [3.63, 3.8) is 0 Å². The fraction of sp³-hybridized carbons (Fsp3) is 0.773. The van der Waals surface area contributed by atoms with Crippen molar-refractivity contribution in [2.75, 3.05) is 27.4 Å². The lowest BCUT2D eigenvalue weighted by atomic mass is 9.78. The Morgan fingerprint density at radius 1 is 0.965 bits per heavy atom. The summed E-state index contributed by atoms with van der Waals surface area (Å²) in [5, 5.41) is 44.0. The van der Waals surface area contributed by atoms with Gasteiger partial charge < -0.3 is 44.3 Å². The molecule has 14 atom stereocenters. The van der Waals surface area contributed by atoms with Crippen LogP contribution in [0.3, 0.4) is 0 Å². The third-order valence-corrected chi connectivity index (χ3v) is 13.0. The molecule has 13 heteroatoms. The van der Waals surface area contributed by atoms with Crippen LogP contribution in [0.5, 0.6) is 0 Å². The molecule has 322 valence electrons. The van der Waals surface area contributed by atoms with E-state index in [-0.39, 0.29) is 61.9 Å². The quantitative estimate of drug-likeness (QED) is 0.163. The molecule has 3 aliphatic heterocycles. The second-order valence-electron chi connectivity index (χ2n) is 17.4. The maximum absolute atomic E-state index is 14.3. The van der Waals surface area contributed by atoms with Crippen molar-refractivity contribution in [1.82, 2.24) is 4.90 Å². The van der Waals surface area contributed by atoms with Crippen LogP contribution in [-0.2, 0) is 38.1 Å². The number of ether oxygens (including phenoxy) is 4. The molecular formula is C44H69NO12. The minimum Gasteiger partial charge on any atom is -0.456 e. The molecule has 2 saturated heterocycles. The van der Waals surface area contributed by atoms with Crippen LogP contribution in [0.1, 0.15) is 105 Å². The normalized spacial score (nSPS) is 41.0. The average Bonchev–Trinajstić information content (AvgIpc) is 3.18. The monoisotopic (exact) mass is 803 g/mol. The Kier molecular flexibility index (Phi) is 17.2. The van der Waals surface area contributed by atoms with Gasteiger partial charge in [0.2, 0.25) is 5.79 Å². The number of aliphatic hydroxyl groups excluding tert-OH is 3. The van der Waals surface area contributed by atoms with Gasteiger partial charge in [-0.15, -0.1) is 6.58 Å². The zero-order chi connectivity index (χ0) is 42.2. The number of esters is 1. The highest BCUT2D eigenvalue weighted by Gasteiger charge is 2.56. The summed E-state index contributed by atoms with van der Waals surface area (Å²) >= 11 is 0. The van der Waals surface area contributed by atoms with Gasteiger partial charge in [0.15, 0.2) is 5.78 Å². The molecule has 0 aromatic heterocycles. The van der Waals surface area contributed by atoms with Crippen molar-refractivity contribution < 1.29 is 58.6 Å². The molecule has 2 bridgehead atoms. The number of piperidine rings is 1. The summed E-state index contributed by atoms with van der Waals surface area (Å²) in [6.07, 6.45) is 4.95. The number of fused-ring (bicyclic) bond motifs is 3. The topological polar surface area (TPSA) is 189 Å². The number of methoxy groups -OCH3 is 2. The number of amides is 1.